The lowest BCUT2D eigenvalue weighted by atomic mass is 10.1. The van der Waals surface area contributed by atoms with Gasteiger partial charge in [-0.05, 0) is 61.6 Å². The zero-order chi connectivity index (χ0) is 16.7. The summed E-state index contributed by atoms with van der Waals surface area (Å²) >= 11 is 1.67. The summed E-state index contributed by atoms with van der Waals surface area (Å²) in [4.78, 5) is 13.4. The second kappa shape index (κ2) is 8.63. The Morgan fingerprint density at radius 3 is 2.35 bits per heavy atom. The van der Waals surface area contributed by atoms with Crippen LogP contribution in [-0.2, 0) is 11.2 Å². The number of nitrogens with one attached hydrogen (secondary N) is 1. The van der Waals surface area contributed by atoms with Crippen LogP contribution in [0.25, 0.3) is 0 Å². The van der Waals surface area contributed by atoms with Crippen molar-refractivity contribution in [2.75, 3.05) is 11.6 Å². The molecule has 122 valence electrons. The Hall–Kier alpha value is -1.94. The van der Waals surface area contributed by atoms with Crippen molar-refractivity contribution in [3.8, 4) is 5.75 Å². The van der Waals surface area contributed by atoms with Crippen LogP contribution in [0.4, 0.5) is 5.69 Å². The predicted molar refractivity (Wildman–Crippen MR) is 97.4 cm³/mol. The summed E-state index contributed by atoms with van der Waals surface area (Å²) in [6, 6.07) is 15.7. The van der Waals surface area contributed by atoms with Gasteiger partial charge in [0.2, 0.25) is 0 Å². The molecule has 0 aromatic heterocycles. The minimum Gasteiger partial charge on any atom is -0.481 e. The van der Waals surface area contributed by atoms with Gasteiger partial charge in [0.15, 0.2) is 6.10 Å². The number of hydrogen-bond donors (Lipinski definition) is 1. The zero-order valence-corrected chi connectivity index (χ0v) is 14.7. The van der Waals surface area contributed by atoms with Gasteiger partial charge in [-0.15, -0.1) is 11.8 Å². The lowest BCUT2D eigenvalue weighted by Gasteiger charge is -2.15. The van der Waals surface area contributed by atoms with Crippen molar-refractivity contribution in [2.45, 2.75) is 37.7 Å². The van der Waals surface area contributed by atoms with Crippen molar-refractivity contribution in [3.05, 3.63) is 54.1 Å². The molecule has 0 aliphatic carbocycles. The van der Waals surface area contributed by atoms with Gasteiger partial charge in [0, 0.05) is 10.6 Å². The van der Waals surface area contributed by atoms with Crippen LogP contribution in [0, 0.1) is 0 Å². The monoisotopic (exact) mass is 329 g/mol. The molecule has 1 N–H and O–H groups in total. The van der Waals surface area contributed by atoms with E-state index in [1.807, 2.05) is 54.8 Å². The molecule has 0 radical (unpaired) electrons. The second-order valence-electron chi connectivity index (χ2n) is 5.37. The van der Waals surface area contributed by atoms with Gasteiger partial charge in [-0.1, -0.05) is 25.5 Å². The van der Waals surface area contributed by atoms with Gasteiger partial charge in [0.25, 0.3) is 5.91 Å². The number of thioether (sulfide) groups is 1. The van der Waals surface area contributed by atoms with Crippen molar-refractivity contribution in [1.82, 2.24) is 0 Å². The second-order valence-corrected chi connectivity index (χ2v) is 6.25. The first-order valence-electron chi connectivity index (χ1n) is 7.83. The summed E-state index contributed by atoms with van der Waals surface area (Å²) in [6.45, 7) is 3.91. The number of ether oxygens (including phenoxy) is 1. The maximum absolute atomic E-state index is 12.2. The highest BCUT2D eigenvalue weighted by Gasteiger charge is 2.14. The minimum absolute atomic E-state index is 0.153. The van der Waals surface area contributed by atoms with Crippen molar-refractivity contribution in [2.24, 2.45) is 0 Å². The van der Waals surface area contributed by atoms with Gasteiger partial charge < -0.3 is 10.1 Å². The summed E-state index contributed by atoms with van der Waals surface area (Å²) < 4.78 is 5.71. The molecule has 0 saturated heterocycles. The standard InChI is InChI=1S/C19H23NO2S/c1-4-5-15-6-10-17(11-7-15)22-14(2)19(21)20-16-8-12-18(23-3)13-9-16/h6-14H,4-5H2,1-3H3,(H,20,21). The van der Waals surface area contributed by atoms with E-state index in [0.717, 1.165) is 18.5 Å². The van der Waals surface area contributed by atoms with Crippen LogP contribution < -0.4 is 10.1 Å². The van der Waals surface area contributed by atoms with Crippen LogP contribution in [0.1, 0.15) is 25.8 Å². The molecule has 23 heavy (non-hydrogen) atoms. The summed E-state index contributed by atoms with van der Waals surface area (Å²) in [6.07, 6.45) is 3.65. The molecular formula is C19H23NO2S. The molecule has 2 aromatic rings. The van der Waals surface area contributed by atoms with E-state index in [1.54, 1.807) is 18.7 Å². The first-order valence-corrected chi connectivity index (χ1v) is 9.05. The quantitative estimate of drug-likeness (QED) is 0.744. The van der Waals surface area contributed by atoms with E-state index in [0.29, 0.717) is 5.75 Å². The molecule has 0 aliphatic heterocycles. The highest BCUT2D eigenvalue weighted by molar-refractivity contribution is 7.98. The predicted octanol–water partition coefficient (Wildman–Crippen LogP) is 4.77. The van der Waals surface area contributed by atoms with E-state index in [4.69, 9.17) is 4.74 Å². The molecule has 0 fully saturated rings. The molecule has 0 saturated carbocycles. The third-order valence-electron chi connectivity index (χ3n) is 3.50. The van der Waals surface area contributed by atoms with Crippen molar-refractivity contribution in [1.29, 1.82) is 0 Å². The van der Waals surface area contributed by atoms with Crippen LogP contribution in [0.15, 0.2) is 53.4 Å². The number of anilines is 1. The van der Waals surface area contributed by atoms with Crippen LogP contribution >= 0.6 is 11.8 Å². The number of aryl methyl sites for hydroxylation is 1. The van der Waals surface area contributed by atoms with E-state index >= 15 is 0 Å². The third-order valence-corrected chi connectivity index (χ3v) is 4.25. The maximum Gasteiger partial charge on any atom is 0.265 e. The smallest absolute Gasteiger partial charge is 0.265 e. The van der Waals surface area contributed by atoms with Gasteiger partial charge in [-0.2, -0.15) is 0 Å². The van der Waals surface area contributed by atoms with Crippen LogP contribution in [0.2, 0.25) is 0 Å². The van der Waals surface area contributed by atoms with Gasteiger partial charge >= 0.3 is 0 Å². The van der Waals surface area contributed by atoms with E-state index in [2.05, 4.69) is 12.2 Å². The summed E-state index contributed by atoms with van der Waals surface area (Å²) in [5.74, 6) is 0.560. The summed E-state index contributed by atoms with van der Waals surface area (Å²) in [5, 5.41) is 2.87. The molecule has 2 rings (SSSR count). The SMILES string of the molecule is CCCc1ccc(OC(C)C(=O)Nc2ccc(SC)cc2)cc1. The molecule has 4 heteroatoms. The summed E-state index contributed by atoms with van der Waals surface area (Å²) in [5.41, 5.74) is 2.06. The fourth-order valence-electron chi connectivity index (χ4n) is 2.20. The average molecular weight is 329 g/mol. The number of rotatable bonds is 7. The van der Waals surface area contributed by atoms with Crippen LogP contribution in [0.5, 0.6) is 5.75 Å². The van der Waals surface area contributed by atoms with Crippen molar-refractivity contribution >= 4 is 23.4 Å². The summed E-state index contributed by atoms with van der Waals surface area (Å²) in [7, 11) is 0. The normalized spacial score (nSPS) is 11.8. The Balaban J connectivity index is 1.90. The van der Waals surface area contributed by atoms with E-state index in [1.165, 1.54) is 10.5 Å². The van der Waals surface area contributed by atoms with Gasteiger partial charge in [-0.3, -0.25) is 4.79 Å². The molecule has 1 amide bonds. The molecule has 1 atom stereocenters. The molecule has 2 aromatic carbocycles. The molecule has 0 heterocycles. The van der Waals surface area contributed by atoms with Gasteiger partial charge in [0.05, 0.1) is 0 Å². The average Bonchev–Trinajstić information content (AvgIpc) is 2.57. The van der Waals surface area contributed by atoms with Crippen LogP contribution in [0.3, 0.4) is 0 Å². The maximum atomic E-state index is 12.2. The van der Waals surface area contributed by atoms with Crippen molar-refractivity contribution < 1.29 is 9.53 Å². The van der Waals surface area contributed by atoms with E-state index in [9.17, 15) is 4.79 Å². The Morgan fingerprint density at radius 1 is 1.13 bits per heavy atom. The Labute approximate surface area is 142 Å². The van der Waals surface area contributed by atoms with E-state index in [-0.39, 0.29) is 5.91 Å². The van der Waals surface area contributed by atoms with Gasteiger partial charge in [-0.25, -0.2) is 0 Å². The molecule has 0 spiro atoms. The van der Waals surface area contributed by atoms with Crippen LogP contribution in [-0.4, -0.2) is 18.3 Å². The topological polar surface area (TPSA) is 38.3 Å². The minimum atomic E-state index is -0.549. The molecule has 0 bridgehead atoms. The Kier molecular flexibility index (Phi) is 6.53. The third kappa shape index (κ3) is 5.32. The Bertz CT molecular complexity index is 623. The first-order chi connectivity index (χ1) is 11.1. The number of carbonyl (C=O) groups is 1. The number of carbonyl (C=O) groups excluding carboxylic acids is 1. The number of benzene rings is 2. The molecule has 3 nitrogen and oxygen atoms in total. The highest BCUT2D eigenvalue weighted by atomic mass is 32.2. The van der Waals surface area contributed by atoms with Gasteiger partial charge in [0.1, 0.15) is 5.75 Å². The first kappa shape index (κ1) is 17.4. The van der Waals surface area contributed by atoms with E-state index < -0.39 is 6.10 Å². The van der Waals surface area contributed by atoms with Crippen molar-refractivity contribution in [3.63, 3.8) is 0 Å². The molecule has 0 aliphatic rings. The molecular weight excluding hydrogens is 306 g/mol. The fourth-order valence-corrected chi connectivity index (χ4v) is 2.61. The number of hydrogen-bond acceptors (Lipinski definition) is 3. The fraction of sp³-hybridized carbons (Fsp3) is 0.316. The highest BCUT2D eigenvalue weighted by Crippen LogP contribution is 2.19. The Morgan fingerprint density at radius 2 is 1.78 bits per heavy atom. The lowest BCUT2D eigenvalue weighted by molar-refractivity contribution is -0.122. The zero-order valence-electron chi connectivity index (χ0n) is 13.8. The number of amides is 1. The molecule has 1 unspecified atom stereocenters. The largest absolute Gasteiger partial charge is 0.481 e. The lowest BCUT2D eigenvalue weighted by Crippen LogP contribution is -2.30.